The van der Waals surface area contributed by atoms with Crippen LogP contribution in [-0.2, 0) is 10.0 Å². The zero-order valence-corrected chi connectivity index (χ0v) is 11.9. The predicted octanol–water partition coefficient (Wildman–Crippen LogP) is 2.51. The van der Waals surface area contributed by atoms with Crippen LogP contribution >= 0.6 is 0 Å². The van der Waals surface area contributed by atoms with Gasteiger partial charge in [0, 0.05) is 0 Å². The van der Waals surface area contributed by atoms with Gasteiger partial charge in [0.05, 0.1) is 12.0 Å². The molecule has 0 heterocycles. The second-order valence-corrected chi connectivity index (χ2v) is 5.88. The Morgan fingerprint density at radius 3 is 2.45 bits per heavy atom. The lowest BCUT2D eigenvalue weighted by atomic mass is 10.2. The normalized spacial score (nSPS) is 11.1. The van der Waals surface area contributed by atoms with Crippen LogP contribution in [0.3, 0.4) is 0 Å². The quantitative estimate of drug-likeness (QED) is 0.849. The van der Waals surface area contributed by atoms with Gasteiger partial charge in [-0.1, -0.05) is 24.3 Å². The number of para-hydroxylation sites is 1. The summed E-state index contributed by atoms with van der Waals surface area (Å²) in [5, 5.41) is 9.80. The second-order valence-electron chi connectivity index (χ2n) is 4.23. The first kappa shape index (κ1) is 14.2. The first-order valence-corrected chi connectivity index (χ1v) is 7.38. The molecular formula is C14H15NO4S. The molecule has 0 radical (unpaired) electrons. The largest absolute Gasteiger partial charge is 0.506 e. The van der Waals surface area contributed by atoms with Crippen molar-refractivity contribution in [2.45, 2.75) is 11.8 Å². The Labute approximate surface area is 117 Å². The predicted molar refractivity (Wildman–Crippen MR) is 76.6 cm³/mol. The van der Waals surface area contributed by atoms with E-state index in [1.807, 2.05) is 0 Å². The van der Waals surface area contributed by atoms with Crippen LogP contribution in [0.5, 0.6) is 11.5 Å². The fourth-order valence-corrected chi connectivity index (χ4v) is 3.17. The van der Waals surface area contributed by atoms with Crippen molar-refractivity contribution >= 4 is 15.7 Å². The summed E-state index contributed by atoms with van der Waals surface area (Å²) in [4.78, 5) is 0.158. The third-order valence-corrected chi connectivity index (χ3v) is 4.35. The third kappa shape index (κ3) is 2.70. The van der Waals surface area contributed by atoms with E-state index in [2.05, 4.69) is 4.72 Å². The minimum Gasteiger partial charge on any atom is -0.506 e. The van der Waals surface area contributed by atoms with Crippen molar-refractivity contribution in [3.05, 3.63) is 48.0 Å². The molecule has 0 amide bonds. The first-order valence-electron chi connectivity index (χ1n) is 5.90. The van der Waals surface area contributed by atoms with Crippen molar-refractivity contribution < 1.29 is 18.3 Å². The molecule has 0 aliphatic rings. The fraction of sp³-hybridized carbons (Fsp3) is 0.143. The van der Waals surface area contributed by atoms with Crippen molar-refractivity contribution in [1.29, 1.82) is 0 Å². The Morgan fingerprint density at radius 2 is 1.80 bits per heavy atom. The maximum Gasteiger partial charge on any atom is 0.262 e. The van der Waals surface area contributed by atoms with Gasteiger partial charge in [-0.25, -0.2) is 8.42 Å². The highest BCUT2D eigenvalue weighted by molar-refractivity contribution is 7.92. The zero-order chi connectivity index (χ0) is 14.8. The number of phenolic OH excluding ortho intramolecular Hbond substituents is 1. The van der Waals surface area contributed by atoms with Crippen molar-refractivity contribution in [3.8, 4) is 11.5 Å². The van der Waals surface area contributed by atoms with E-state index < -0.39 is 10.0 Å². The summed E-state index contributed by atoms with van der Waals surface area (Å²) in [5.41, 5.74) is 0.646. The first-order chi connectivity index (χ1) is 9.45. The summed E-state index contributed by atoms with van der Waals surface area (Å²) in [5.74, 6) is 0.0590. The van der Waals surface area contributed by atoms with Gasteiger partial charge in [-0.3, -0.25) is 4.72 Å². The van der Waals surface area contributed by atoms with E-state index in [1.54, 1.807) is 37.3 Å². The lowest BCUT2D eigenvalue weighted by Crippen LogP contribution is -2.14. The van der Waals surface area contributed by atoms with Gasteiger partial charge in [0.25, 0.3) is 10.0 Å². The number of sulfonamides is 1. The van der Waals surface area contributed by atoms with Crippen molar-refractivity contribution in [1.82, 2.24) is 0 Å². The smallest absolute Gasteiger partial charge is 0.262 e. The average molecular weight is 293 g/mol. The summed E-state index contributed by atoms with van der Waals surface area (Å²) in [6, 6.07) is 11.1. The molecule has 0 atom stereocenters. The van der Waals surface area contributed by atoms with Gasteiger partial charge >= 0.3 is 0 Å². The van der Waals surface area contributed by atoms with Crippen LogP contribution < -0.4 is 9.46 Å². The molecule has 106 valence electrons. The molecule has 0 aliphatic carbocycles. The molecule has 0 unspecified atom stereocenters. The summed E-state index contributed by atoms with van der Waals surface area (Å²) < 4.78 is 32.1. The van der Waals surface area contributed by atoms with E-state index in [0.29, 0.717) is 5.56 Å². The topological polar surface area (TPSA) is 75.6 Å². The number of hydrogen-bond acceptors (Lipinski definition) is 4. The summed E-state index contributed by atoms with van der Waals surface area (Å²) in [7, 11) is -2.39. The molecule has 0 aromatic heterocycles. The van der Waals surface area contributed by atoms with Crippen LogP contribution in [0.15, 0.2) is 47.4 Å². The molecule has 2 aromatic carbocycles. The highest BCUT2D eigenvalue weighted by Crippen LogP contribution is 2.35. The van der Waals surface area contributed by atoms with Crippen LogP contribution in [0.25, 0.3) is 0 Å². The molecule has 0 saturated carbocycles. The summed E-state index contributed by atoms with van der Waals surface area (Å²) in [6.45, 7) is 1.71. The van der Waals surface area contributed by atoms with E-state index in [0.717, 1.165) is 0 Å². The van der Waals surface area contributed by atoms with Gasteiger partial charge < -0.3 is 9.84 Å². The number of methoxy groups -OCH3 is 1. The number of rotatable bonds is 4. The molecule has 2 rings (SSSR count). The number of anilines is 1. The van der Waals surface area contributed by atoms with Crippen molar-refractivity contribution in [2.24, 2.45) is 0 Å². The Hall–Kier alpha value is -2.21. The SMILES string of the molecule is COc1cccc(O)c1NS(=O)(=O)c1ccccc1C. The van der Waals surface area contributed by atoms with Crippen LogP contribution in [0.2, 0.25) is 0 Å². The lowest BCUT2D eigenvalue weighted by molar-refractivity contribution is 0.411. The van der Waals surface area contributed by atoms with Gasteiger partial charge in [0.2, 0.25) is 0 Å². The molecule has 2 N–H and O–H groups in total. The summed E-state index contributed by atoms with van der Waals surface area (Å²) in [6.07, 6.45) is 0. The zero-order valence-electron chi connectivity index (χ0n) is 11.1. The standard InChI is InChI=1S/C14H15NO4S/c1-10-6-3-4-9-13(10)20(17,18)15-14-11(16)7-5-8-12(14)19-2/h3-9,15-16H,1-2H3. The third-order valence-electron chi connectivity index (χ3n) is 2.84. The lowest BCUT2D eigenvalue weighted by Gasteiger charge is -2.14. The van der Waals surface area contributed by atoms with Crippen molar-refractivity contribution in [3.63, 3.8) is 0 Å². The monoisotopic (exact) mass is 293 g/mol. The number of phenols is 1. The van der Waals surface area contributed by atoms with Gasteiger partial charge in [0.15, 0.2) is 0 Å². The number of aryl methyl sites for hydroxylation is 1. The fourth-order valence-electron chi connectivity index (χ4n) is 1.84. The Kier molecular flexibility index (Phi) is 3.85. The van der Waals surface area contributed by atoms with Crippen molar-refractivity contribution in [2.75, 3.05) is 11.8 Å². The van der Waals surface area contributed by atoms with Crippen LogP contribution in [-0.4, -0.2) is 20.6 Å². The van der Waals surface area contributed by atoms with Gasteiger partial charge in [0.1, 0.15) is 17.2 Å². The maximum atomic E-state index is 12.4. The van der Waals surface area contributed by atoms with E-state index in [9.17, 15) is 13.5 Å². The van der Waals surface area contributed by atoms with E-state index in [4.69, 9.17) is 4.74 Å². The van der Waals surface area contributed by atoms with E-state index in [-0.39, 0.29) is 22.1 Å². The van der Waals surface area contributed by atoms with E-state index >= 15 is 0 Å². The van der Waals surface area contributed by atoms with Gasteiger partial charge in [-0.2, -0.15) is 0 Å². The van der Waals surface area contributed by atoms with Gasteiger partial charge in [-0.15, -0.1) is 0 Å². The minimum absolute atomic E-state index is 0.0262. The highest BCUT2D eigenvalue weighted by atomic mass is 32.2. The van der Waals surface area contributed by atoms with Gasteiger partial charge in [-0.05, 0) is 30.7 Å². The molecule has 0 fully saturated rings. The number of aromatic hydroxyl groups is 1. The molecule has 0 bridgehead atoms. The summed E-state index contributed by atoms with van der Waals surface area (Å²) >= 11 is 0. The molecule has 5 nitrogen and oxygen atoms in total. The Bertz CT molecular complexity index is 726. The van der Waals surface area contributed by atoms with E-state index in [1.165, 1.54) is 19.2 Å². The molecule has 0 aliphatic heterocycles. The molecule has 6 heteroatoms. The minimum atomic E-state index is -3.79. The number of nitrogens with one attached hydrogen (secondary N) is 1. The highest BCUT2D eigenvalue weighted by Gasteiger charge is 2.20. The van der Waals surface area contributed by atoms with Crippen LogP contribution in [0.1, 0.15) is 5.56 Å². The number of hydrogen-bond donors (Lipinski definition) is 2. The number of ether oxygens (including phenoxy) is 1. The second kappa shape index (κ2) is 5.42. The Morgan fingerprint density at radius 1 is 1.10 bits per heavy atom. The number of benzene rings is 2. The van der Waals surface area contributed by atoms with Crippen LogP contribution in [0, 0.1) is 6.92 Å². The maximum absolute atomic E-state index is 12.4. The average Bonchev–Trinajstić information content (AvgIpc) is 2.41. The molecular weight excluding hydrogens is 278 g/mol. The molecule has 0 saturated heterocycles. The van der Waals surface area contributed by atoms with Crippen LogP contribution in [0.4, 0.5) is 5.69 Å². The molecule has 2 aromatic rings. The molecule has 0 spiro atoms. The Balaban J connectivity index is 2.47. The molecule has 20 heavy (non-hydrogen) atoms.